The van der Waals surface area contributed by atoms with E-state index in [-0.39, 0.29) is 6.04 Å². The zero-order chi connectivity index (χ0) is 13.9. The van der Waals surface area contributed by atoms with Crippen molar-refractivity contribution in [2.24, 2.45) is 0 Å². The summed E-state index contributed by atoms with van der Waals surface area (Å²) in [5, 5.41) is 3.33. The maximum Gasteiger partial charge on any atom is 0.161 e. The topological polar surface area (TPSA) is 39.7 Å². The van der Waals surface area contributed by atoms with E-state index in [2.05, 4.69) is 5.32 Å². The number of benzene rings is 1. The van der Waals surface area contributed by atoms with Crippen LogP contribution in [0.4, 0.5) is 0 Å². The first-order valence-corrected chi connectivity index (χ1v) is 6.89. The third kappa shape index (κ3) is 6.14. The van der Waals surface area contributed by atoms with Crippen molar-refractivity contribution in [1.29, 1.82) is 0 Å². The summed E-state index contributed by atoms with van der Waals surface area (Å²) in [6.45, 7) is 2.01. The summed E-state index contributed by atoms with van der Waals surface area (Å²) < 4.78 is 15.9. The van der Waals surface area contributed by atoms with Crippen LogP contribution in [0.1, 0.15) is 6.42 Å². The van der Waals surface area contributed by atoms with E-state index < -0.39 is 0 Å². The molecule has 0 radical (unpaired) electrons. The molecule has 1 atom stereocenters. The van der Waals surface area contributed by atoms with Crippen molar-refractivity contribution in [1.82, 2.24) is 5.32 Å². The van der Waals surface area contributed by atoms with Crippen LogP contribution in [0.2, 0.25) is 0 Å². The van der Waals surface area contributed by atoms with Gasteiger partial charge in [-0.25, -0.2) is 0 Å². The molecule has 0 aliphatic carbocycles. The average Bonchev–Trinajstić information content (AvgIpc) is 2.47. The van der Waals surface area contributed by atoms with Gasteiger partial charge < -0.3 is 19.5 Å². The Morgan fingerprint density at radius 1 is 1.16 bits per heavy atom. The third-order valence-corrected chi connectivity index (χ3v) is 3.09. The Labute approximate surface area is 120 Å². The monoisotopic (exact) mass is 287 g/mol. The maximum absolute atomic E-state index is 5.87. The fraction of sp³-hybridized carbons (Fsp3) is 0.571. The molecule has 1 N–H and O–H groups in total. The summed E-state index contributed by atoms with van der Waals surface area (Å²) in [4.78, 5) is 0. The highest BCUT2D eigenvalue weighted by Crippen LogP contribution is 2.25. The highest BCUT2D eigenvalue weighted by molar-refractivity contribution is 6.18. The zero-order valence-electron chi connectivity index (χ0n) is 11.5. The van der Waals surface area contributed by atoms with Gasteiger partial charge in [0.25, 0.3) is 0 Å². The Morgan fingerprint density at radius 2 is 1.89 bits per heavy atom. The second-order valence-electron chi connectivity index (χ2n) is 4.09. The molecule has 4 nitrogen and oxygen atoms in total. The first-order chi connectivity index (χ1) is 9.31. The van der Waals surface area contributed by atoms with Gasteiger partial charge in [0.15, 0.2) is 11.5 Å². The SMILES string of the molecule is COCCC(CCl)NCCOc1ccccc1OC. The molecular weight excluding hydrogens is 266 g/mol. The lowest BCUT2D eigenvalue weighted by molar-refractivity contribution is 0.183. The van der Waals surface area contributed by atoms with Crippen LogP contribution in [-0.4, -0.2) is 45.9 Å². The van der Waals surface area contributed by atoms with Crippen molar-refractivity contribution >= 4 is 11.6 Å². The van der Waals surface area contributed by atoms with E-state index in [1.165, 1.54) is 0 Å². The predicted molar refractivity (Wildman–Crippen MR) is 77.5 cm³/mol. The molecule has 19 heavy (non-hydrogen) atoms. The van der Waals surface area contributed by atoms with Crippen LogP contribution >= 0.6 is 11.6 Å². The van der Waals surface area contributed by atoms with Crippen LogP contribution in [0.5, 0.6) is 11.5 Å². The summed E-state index contributed by atoms with van der Waals surface area (Å²) in [6, 6.07) is 7.86. The number of alkyl halides is 1. The number of halogens is 1. The largest absolute Gasteiger partial charge is 0.493 e. The van der Waals surface area contributed by atoms with Crippen LogP contribution in [0.3, 0.4) is 0 Å². The van der Waals surface area contributed by atoms with E-state index in [0.717, 1.165) is 24.5 Å². The highest BCUT2D eigenvalue weighted by Gasteiger charge is 2.06. The van der Waals surface area contributed by atoms with E-state index in [1.807, 2.05) is 24.3 Å². The first kappa shape index (κ1) is 16.1. The summed E-state index contributed by atoms with van der Waals surface area (Å²) in [6.07, 6.45) is 0.897. The molecule has 0 spiro atoms. The summed E-state index contributed by atoms with van der Waals surface area (Å²) >= 11 is 5.87. The molecule has 0 amide bonds. The minimum absolute atomic E-state index is 0.253. The van der Waals surface area contributed by atoms with Crippen LogP contribution < -0.4 is 14.8 Å². The molecule has 1 aromatic carbocycles. The maximum atomic E-state index is 5.87. The minimum atomic E-state index is 0.253. The van der Waals surface area contributed by atoms with E-state index in [9.17, 15) is 0 Å². The standard InChI is InChI=1S/C14H22ClNO3/c1-17-9-7-12(11-15)16-8-10-19-14-6-4-3-5-13(14)18-2/h3-6,12,16H,7-11H2,1-2H3. The number of methoxy groups -OCH3 is 2. The van der Waals surface area contributed by atoms with Crippen molar-refractivity contribution in [3.63, 3.8) is 0 Å². The van der Waals surface area contributed by atoms with Crippen molar-refractivity contribution in [2.75, 3.05) is 39.9 Å². The smallest absolute Gasteiger partial charge is 0.161 e. The van der Waals surface area contributed by atoms with Crippen molar-refractivity contribution in [3.8, 4) is 11.5 Å². The molecule has 1 aromatic rings. The molecule has 1 rings (SSSR count). The molecule has 0 saturated carbocycles. The summed E-state index contributed by atoms with van der Waals surface area (Å²) in [5.41, 5.74) is 0. The zero-order valence-corrected chi connectivity index (χ0v) is 12.3. The van der Waals surface area contributed by atoms with Gasteiger partial charge in [-0.3, -0.25) is 0 Å². The van der Waals surface area contributed by atoms with Crippen molar-refractivity contribution < 1.29 is 14.2 Å². The Kier molecular flexibility index (Phi) is 8.38. The van der Waals surface area contributed by atoms with E-state index >= 15 is 0 Å². The van der Waals surface area contributed by atoms with E-state index in [4.69, 9.17) is 25.8 Å². The predicted octanol–water partition coefficient (Wildman–Crippen LogP) is 2.31. The van der Waals surface area contributed by atoms with E-state index in [0.29, 0.717) is 19.1 Å². The number of ether oxygens (including phenoxy) is 3. The number of para-hydroxylation sites is 2. The highest BCUT2D eigenvalue weighted by atomic mass is 35.5. The Balaban J connectivity index is 2.26. The van der Waals surface area contributed by atoms with Gasteiger partial charge in [-0.1, -0.05) is 12.1 Å². The fourth-order valence-corrected chi connectivity index (χ4v) is 1.92. The van der Waals surface area contributed by atoms with Gasteiger partial charge in [-0.05, 0) is 18.6 Å². The molecule has 0 bridgehead atoms. The van der Waals surface area contributed by atoms with Gasteiger partial charge >= 0.3 is 0 Å². The van der Waals surface area contributed by atoms with Crippen LogP contribution in [0, 0.1) is 0 Å². The normalized spacial score (nSPS) is 12.2. The van der Waals surface area contributed by atoms with Gasteiger partial charge in [0.1, 0.15) is 6.61 Å². The average molecular weight is 288 g/mol. The fourth-order valence-electron chi connectivity index (χ4n) is 1.66. The Hall–Kier alpha value is -0.970. The minimum Gasteiger partial charge on any atom is -0.493 e. The number of nitrogens with one attached hydrogen (secondary N) is 1. The van der Waals surface area contributed by atoms with Gasteiger partial charge in [0, 0.05) is 32.2 Å². The van der Waals surface area contributed by atoms with Gasteiger partial charge in [-0.2, -0.15) is 0 Å². The van der Waals surface area contributed by atoms with Gasteiger partial charge in [0.2, 0.25) is 0 Å². The van der Waals surface area contributed by atoms with Crippen molar-refractivity contribution in [2.45, 2.75) is 12.5 Å². The lowest BCUT2D eigenvalue weighted by Crippen LogP contribution is -2.34. The molecule has 1 unspecified atom stereocenters. The van der Waals surface area contributed by atoms with Crippen LogP contribution in [-0.2, 0) is 4.74 Å². The van der Waals surface area contributed by atoms with Gasteiger partial charge in [0.05, 0.1) is 7.11 Å². The van der Waals surface area contributed by atoms with Crippen LogP contribution in [0.25, 0.3) is 0 Å². The molecule has 0 saturated heterocycles. The molecule has 108 valence electrons. The molecular formula is C14H22ClNO3. The number of hydrogen-bond acceptors (Lipinski definition) is 4. The molecule has 0 aliphatic heterocycles. The first-order valence-electron chi connectivity index (χ1n) is 6.36. The van der Waals surface area contributed by atoms with Crippen LogP contribution in [0.15, 0.2) is 24.3 Å². The molecule has 0 aliphatic rings. The quantitative estimate of drug-likeness (QED) is 0.529. The van der Waals surface area contributed by atoms with Crippen molar-refractivity contribution in [3.05, 3.63) is 24.3 Å². The Bertz CT molecular complexity index is 349. The number of rotatable bonds is 10. The second kappa shape index (κ2) is 9.89. The molecule has 0 fully saturated rings. The van der Waals surface area contributed by atoms with E-state index in [1.54, 1.807) is 14.2 Å². The molecule has 0 aromatic heterocycles. The lowest BCUT2D eigenvalue weighted by Gasteiger charge is -2.16. The molecule has 0 heterocycles. The third-order valence-electron chi connectivity index (χ3n) is 2.72. The second-order valence-corrected chi connectivity index (χ2v) is 4.39. The number of hydrogen-bond donors (Lipinski definition) is 1. The molecule has 5 heteroatoms. The lowest BCUT2D eigenvalue weighted by atomic mass is 10.2. The summed E-state index contributed by atoms with van der Waals surface area (Å²) in [7, 11) is 3.32. The Morgan fingerprint density at radius 3 is 2.53 bits per heavy atom. The summed E-state index contributed by atoms with van der Waals surface area (Å²) in [5.74, 6) is 2.07. The van der Waals surface area contributed by atoms with Gasteiger partial charge in [-0.15, -0.1) is 11.6 Å².